The quantitative estimate of drug-likeness (QED) is 0.909. The van der Waals surface area contributed by atoms with Crippen LogP contribution in [0, 0.1) is 25.5 Å². The average molecular weight is 307 g/mol. The summed E-state index contributed by atoms with van der Waals surface area (Å²) in [5.41, 5.74) is 0.590. The smallest absolute Gasteiger partial charge is 0.254 e. The van der Waals surface area contributed by atoms with E-state index in [0.717, 1.165) is 12.1 Å². The van der Waals surface area contributed by atoms with Crippen molar-refractivity contribution in [1.82, 2.24) is 9.97 Å². The standard InChI is InChI=1S/C15H15F2N3O2/c1-8-11(15(22)19-9(2)18-8)4-6-14(21)20-13-5-3-10(16)7-12(13)17/h3,5,7H,4,6H2,1-2H3,(H,20,21)(H,18,19,22). The van der Waals surface area contributed by atoms with Gasteiger partial charge in [0.05, 0.1) is 5.69 Å². The lowest BCUT2D eigenvalue weighted by Crippen LogP contribution is -2.20. The number of aryl methyl sites for hydroxylation is 2. The van der Waals surface area contributed by atoms with Crippen molar-refractivity contribution >= 4 is 11.6 Å². The molecule has 0 radical (unpaired) electrons. The Bertz CT molecular complexity index is 772. The Morgan fingerprint density at radius 2 is 2.05 bits per heavy atom. The van der Waals surface area contributed by atoms with E-state index >= 15 is 0 Å². The van der Waals surface area contributed by atoms with Crippen LogP contribution in [-0.2, 0) is 11.2 Å². The number of aromatic nitrogens is 2. The third-order valence-corrected chi connectivity index (χ3v) is 3.15. The first-order chi connectivity index (χ1) is 10.4. The first-order valence-electron chi connectivity index (χ1n) is 6.68. The molecule has 0 aliphatic carbocycles. The van der Waals surface area contributed by atoms with Gasteiger partial charge in [-0.25, -0.2) is 13.8 Å². The fourth-order valence-electron chi connectivity index (χ4n) is 2.09. The summed E-state index contributed by atoms with van der Waals surface area (Å²) in [5, 5.41) is 2.34. The van der Waals surface area contributed by atoms with E-state index in [1.54, 1.807) is 13.8 Å². The molecule has 2 N–H and O–H groups in total. The summed E-state index contributed by atoms with van der Waals surface area (Å²) >= 11 is 0. The van der Waals surface area contributed by atoms with Crippen molar-refractivity contribution in [1.29, 1.82) is 0 Å². The van der Waals surface area contributed by atoms with Crippen LogP contribution in [0.4, 0.5) is 14.5 Å². The summed E-state index contributed by atoms with van der Waals surface area (Å²) < 4.78 is 26.2. The highest BCUT2D eigenvalue weighted by atomic mass is 19.1. The van der Waals surface area contributed by atoms with Crippen molar-refractivity contribution in [3.8, 4) is 0 Å². The summed E-state index contributed by atoms with van der Waals surface area (Å²) in [5.74, 6) is -1.53. The molecule has 0 unspecified atom stereocenters. The number of aromatic amines is 1. The van der Waals surface area contributed by atoms with E-state index in [2.05, 4.69) is 15.3 Å². The maximum atomic E-state index is 13.4. The number of hydrogen-bond donors (Lipinski definition) is 2. The monoisotopic (exact) mass is 307 g/mol. The van der Waals surface area contributed by atoms with E-state index in [0.29, 0.717) is 23.1 Å². The number of nitrogens with one attached hydrogen (secondary N) is 2. The lowest BCUT2D eigenvalue weighted by Gasteiger charge is -2.07. The second-order valence-electron chi connectivity index (χ2n) is 4.89. The van der Waals surface area contributed by atoms with E-state index in [1.165, 1.54) is 0 Å². The molecule has 7 heteroatoms. The molecular formula is C15H15F2N3O2. The molecule has 0 saturated heterocycles. The van der Waals surface area contributed by atoms with E-state index in [-0.39, 0.29) is 24.1 Å². The van der Waals surface area contributed by atoms with Crippen LogP contribution in [0.25, 0.3) is 0 Å². The van der Waals surface area contributed by atoms with Crippen LogP contribution in [0.15, 0.2) is 23.0 Å². The van der Waals surface area contributed by atoms with Crippen LogP contribution >= 0.6 is 0 Å². The number of halogens is 2. The molecule has 22 heavy (non-hydrogen) atoms. The highest BCUT2D eigenvalue weighted by Crippen LogP contribution is 2.15. The average Bonchev–Trinajstić information content (AvgIpc) is 2.40. The van der Waals surface area contributed by atoms with Crippen molar-refractivity contribution in [2.75, 3.05) is 5.32 Å². The van der Waals surface area contributed by atoms with Gasteiger partial charge in [-0.15, -0.1) is 0 Å². The number of rotatable bonds is 4. The third kappa shape index (κ3) is 3.75. The molecule has 0 saturated carbocycles. The molecule has 2 aromatic rings. The van der Waals surface area contributed by atoms with Crippen LogP contribution < -0.4 is 10.9 Å². The van der Waals surface area contributed by atoms with E-state index in [4.69, 9.17) is 0 Å². The number of hydrogen-bond acceptors (Lipinski definition) is 3. The number of H-pyrrole nitrogens is 1. The third-order valence-electron chi connectivity index (χ3n) is 3.15. The molecule has 0 bridgehead atoms. The van der Waals surface area contributed by atoms with Crippen molar-refractivity contribution in [3.63, 3.8) is 0 Å². The Morgan fingerprint density at radius 1 is 1.32 bits per heavy atom. The number of carbonyl (C=O) groups excluding carboxylic acids is 1. The molecule has 2 rings (SSSR count). The molecule has 5 nitrogen and oxygen atoms in total. The van der Waals surface area contributed by atoms with Crippen molar-refractivity contribution in [2.45, 2.75) is 26.7 Å². The topological polar surface area (TPSA) is 74.8 Å². The normalized spacial score (nSPS) is 10.5. The van der Waals surface area contributed by atoms with Crippen LogP contribution in [0.3, 0.4) is 0 Å². The van der Waals surface area contributed by atoms with Gasteiger partial charge < -0.3 is 10.3 Å². The first kappa shape index (κ1) is 15.8. The second-order valence-corrected chi connectivity index (χ2v) is 4.89. The summed E-state index contributed by atoms with van der Waals surface area (Å²) in [6, 6.07) is 2.89. The zero-order chi connectivity index (χ0) is 16.3. The zero-order valence-corrected chi connectivity index (χ0v) is 12.2. The predicted molar refractivity (Wildman–Crippen MR) is 77.6 cm³/mol. The predicted octanol–water partition coefficient (Wildman–Crippen LogP) is 2.24. The number of amides is 1. The van der Waals surface area contributed by atoms with Crippen LogP contribution in [0.5, 0.6) is 0 Å². The minimum Gasteiger partial charge on any atom is -0.324 e. The maximum absolute atomic E-state index is 13.4. The zero-order valence-electron chi connectivity index (χ0n) is 12.2. The van der Waals surface area contributed by atoms with Gasteiger partial charge in [0.15, 0.2) is 0 Å². The highest BCUT2D eigenvalue weighted by molar-refractivity contribution is 5.90. The van der Waals surface area contributed by atoms with Crippen molar-refractivity contribution in [3.05, 3.63) is 57.3 Å². The maximum Gasteiger partial charge on any atom is 0.254 e. The van der Waals surface area contributed by atoms with Gasteiger partial charge in [0, 0.05) is 23.7 Å². The highest BCUT2D eigenvalue weighted by Gasteiger charge is 2.11. The van der Waals surface area contributed by atoms with Gasteiger partial charge in [-0.2, -0.15) is 0 Å². The minimum absolute atomic E-state index is 0.00845. The van der Waals surface area contributed by atoms with E-state index < -0.39 is 17.5 Å². The van der Waals surface area contributed by atoms with Crippen molar-refractivity contribution < 1.29 is 13.6 Å². The van der Waals surface area contributed by atoms with E-state index in [1.807, 2.05) is 0 Å². The van der Waals surface area contributed by atoms with Gasteiger partial charge in [-0.3, -0.25) is 9.59 Å². The van der Waals surface area contributed by atoms with Crippen molar-refractivity contribution in [2.24, 2.45) is 0 Å². The van der Waals surface area contributed by atoms with Gasteiger partial charge in [0.1, 0.15) is 17.5 Å². The molecule has 1 heterocycles. The Morgan fingerprint density at radius 3 is 2.68 bits per heavy atom. The summed E-state index contributed by atoms with van der Waals surface area (Å²) in [6.45, 7) is 3.36. The molecule has 0 spiro atoms. The number of benzene rings is 1. The van der Waals surface area contributed by atoms with Gasteiger partial charge in [0.2, 0.25) is 5.91 Å². The summed E-state index contributed by atoms with van der Waals surface area (Å²) in [6.07, 6.45) is 0.175. The molecule has 1 aromatic heterocycles. The lowest BCUT2D eigenvalue weighted by atomic mass is 10.1. The Kier molecular flexibility index (Phi) is 4.65. The Balaban J connectivity index is 2.03. The Labute approximate surface area is 125 Å². The fourth-order valence-corrected chi connectivity index (χ4v) is 2.09. The molecule has 0 fully saturated rings. The van der Waals surface area contributed by atoms with Crippen LogP contribution in [-0.4, -0.2) is 15.9 Å². The van der Waals surface area contributed by atoms with Crippen LogP contribution in [0.2, 0.25) is 0 Å². The van der Waals surface area contributed by atoms with Gasteiger partial charge >= 0.3 is 0 Å². The number of anilines is 1. The number of carbonyl (C=O) groups is 1. The summed E-state index contributed by atoms with van der Waals surface area (Å²) in [4.78, 5) is 30.3. The molecule has 0 aliphatic heterocycles. The van der Waals surface area contributed by atoms with Gasteiger partial charge in [0.25, 0.3) is 5.56 Å². The molecule has 116 valence electrons. The summed E-state index contributed by atoms with van der Waals surface area (Å²) in [7, 11) is 0. The lowest BCUT2D eigenvalue weighted by molar-refractivity contribution is -0.116. The molecular weight excluding hydrogens is 292 g/mol. The molecule has 1 amide bonds. The second kappa shape index (κ2) is 6.46. The minimum atomic E-state index is -0.848. The van der Waals surface area contributed by atoms with Gasteiger partial charge in [-0.1, -0.05) is 0 Å². The molecule has 0 aliphatic rings. The van der Waals surface area contributed by atoms with E-state index in [9.17, 15) is 18.4 Å². The number of nitrogens with zero attached hydrogens (tertiary/aromatic N) is 1. The first-order valence-corrected chi connectivity index (χ1v) is 6.68. The Hall–Kier alpha value is -2.57. The van der Waals surface area contributed by atoms with Crippen LogP contribution in [0.1, 0.15) is 23.5 Å². The van der Waals surface area contributed by atoms with Gasteiger partial charge in [-0.05, 0) is 32.4 Å². The fraction of sp³-hybridized carbons (Fsp3) is 0.267. The molecule has 1 aromatic carbocycles. The largest absolute Gasteiger partial charge is 0.324 e. The molecule has 0 atom stereocenters. The SMILES string of the molecule is Cc1nc(C)c(CCC(=O)Nc2ccc(F)cc2F)c(=O)[nH]1.